The number of carbonyl (C=O) groups excluding carboxylic acids is 1. The number of carbonyl (C=O) groups is 1. The third kappa shape index (κ3) is 1.86. The number of nitrogens with zero attached hydrogens (tertiary/aromatic N) is 1. The van der Waals surface area contributed by atoms with E-state index in [0.29, 0.717) is 6.54 Å². The molecule has 0 bridgehead atoms. The van der Waals surface area contributed by atoms with Crippen molar-refractivity contribution in [3.63, 3.8) is 0 Å². The number of para-hydroxylation sites is 1. The fourth-order valence-corrected chi connectivity index (χ4v) is 2.77. The van der Waals surface area contributed by atoms with E-state index in [2.05, 4.69) is 16.7 Å². The van der Waals surface area contributed by atoms with Crippen molar-refractivity contribution in [3.8, 4) is 0 Å². The summed E-state index contributed by atoms with van der Waals surface area (Å²) < 4.78 is 0. The summed E-state index contributed by atoms with van der Waals surface area (Å²) in [5, 5.41) is 8.34. The minimum atomic E-state index is -0.491. The third-order valence-electron chi connectivity index (χ3n) is 3.53. The average molecular weight is 244 g/mol. The number of hydrogen-bond donors (Lipinski definition) is 3. The van der Waals surface area contributed by atoms with Crippen molar-refractivity contribution in [2.24, 2.45) is 10.7 Å². The Morgan fingerprint density at radius 2 is 2.28 bits per heavy atom. The Morgan fingerprint density at radius 3 is 3.11 bits per heavy atom. The zero-order chi connectivity index (χ0) is 12.5. The Balaban J connectivity index is 2.05. The van der Waals surface area contributed by atoms with Crippen LogP contribution < -0.4 is 26.9 Å². The molecule has 94 valence electrons. The Bertz CT molecular complexity index is 595. The van der Waals surface area contributed by atoms with Gasteiger partial charge in [-0.25, -0.2) is 4.79 Å². The van der Waals surface area contributed by atoms with Crippen molar-refractivity contribution in [1.82, 2.24) is 10.6 Å². The first kappa shape index (κ1) is 11.2. The summed E-state index contributed by atoms with van der Waals surface area (Å²) in [6.45, 7) is 1.61. The van der Waals surface area contributed by atoms with Gasteiger partial charge in [-0.2, -0.15) is 0 Å². The number of amides is 2. The van der Waals surface area contributed by atoms with Crippen LogP contribution in [0.15, 0.2) is 29.3 Å². The summed E-state index contributed by atoms with van der Waals surface area (Å²) in [6.07, 6.45) is 0.960. The maximum absolute atomic E-state index is 11.1. The molecule has 1 aromatic carbocycles. The summed E-state index contributed by atoms with van der Waals surface area (Å²) in [5.41, 5.74) is 6.53. The van der Waals surface area contributed by atoms with Crippen LogP contribution in [-0.4, -0.2) is 31.2 Å². The molecule has 5 nitrogen and oxygen atoms in total. The van der Waals surface area contributed by atoms with Crippen molar-refractivity contribution < 1.29 is 4.79 Å². The number of hydrogen-bond acceptors (Lipinski definition) is 3. The van der Waals surface area contributed by atoms with Crippen LogP contribution in [0.3, 0.4) is 0 Å². The van der Waals surface area contributed by atoms with Crippen molar-refractivity contribution in [2.45, 2.75) is 18.5 Å². The van der Waals surface area contributed by atoms with Crippen LogP contribution in [0, 0.1) is 0 Å². The van der Waals surface area contributed by atoms with Crippen LogP contribution >= 0.6 is 0 Å². The van der Waals surface area contributed by atoms with Gasteiger partial charge < -0.3 is 16.4 Å². The first-order chi connectivity index (χ1) is 8.75. The quantitative estimate of drug-likeness (QED) is 0.584. The van der Waals surface area contributed by atoms with Gasteiger partial charge in [-0.1, -0.05) is 18.2 Å². The predicted octanol–water partition coefficient (Wildman–Crippen LogP) is -1.13. The van der Waals surface area contributed by atoms with Crippen LogP contribution in [0.1, 0.15) is 6.42 Å². The molecule has 0 saturated carbocycles. The van der Waals surface area contributed by atoms with Crippen LogP contribution in [0.2, 0.25) is 0 Å². The first-order valence-corrected chi connectivity index (χ1v) is 6.18. The van der Waals surface area contributed by atoms with Gasteiger partial charge in [-0.05, 0) is 24.6 Å². The van der Waals surface area contributed by atoms with E-state index >= 15 is 0 Å². The molecule has 1 saturated heterocycles. The maximum Gasteiger partial charge on any atom is 0.312 e. The molecule has 5 heteroatoms. The summed E-state index contributed by atoms with van der Waals surface area (Å²) in [5.74, 6) is 0. The fraction of sp³-hybridized carbons (Fsp3) is 0.385. The summed E-state index contributed by atoms with van der Waals surface area (Å²) >= 11 is 0. The highest BCUT2D eigenvalue weighted by atomic mass is 16.2. The van der Waals surface area contributed by atoms with Crippen LogP contribution in [-0.2, 0) is 0 Å². The molecule has 2 aliphatic rings. The number of rotatable bonds is 1. The molecule has 18 heavy (non-hydrogen) atoms. The molecule has 3 rings (SSSR count). The normalized spacial score (nSPS) is 25.7. The Hall–Kier alpha value is -1.88. The van der Waals surface area contributed by atoms with Crippen molar-refractivity contribution >= 4 is 11.6 Å². The van der Waals surface area contributed by atoms with Gasteiger partial charge in [0.1, 0.15) is 0 Å². The second-order valence-electron chi connectivity index (χ2n) is 4.69. The predicted molar refractivity (Wildman–Crippen MR) is 68.4 cm³/mol. The van der Waals surface area contributed by atoms with Crippen LogP contribution in [0.4, 0.5) is 4.79 Å². The summed E-state index contributed by atoms with van der Waals surface area (Å²) in [7, 11) is 0. The lowest BCUT2D eigenvalue weighted by Gasteiger charge is -2.21. The van der Waals surface area contributed by atoms with Crippen molar-refractivity contribution in [2.75, 3.05) is 13.1 Å². The highest BCUT2D eigenvalue weighted by molar-refractivity contribution is 5.73. The molecule has 2 heterocycles. The zero-order valence-electron chi connectivity index (χ0n) is 10.0. The topological polar surface area (TPSA) is 79.5 Å². The molecule has 2 aliphatic heterocycles. The monoisotopic (exact) mass is 244 g/mol. The lowest BCUT2D eigenvalue weighted by molar-refractivity contribution is 0.244. The van der Waals surface area contributed by atoms with E-state index in [0.717, 1.165) is 18.3 Å². The van der Waals surface area contributed by atoms with E-state index < -0.39 is 6.03 Å². The van der Waals surface area contributed by atoms with E-state index in [-0.39, 0.29) is 12.1 Å². The molecule has 2 unspecified atom stereocenters. The number of benzene rings is 1. The largest absolute Gasteiger partial charge is 0.352 e. The Kier molecular flexibility index (Phi) is 2.76. The molecule has 2 amide bonds. The van der Waals surface area contributed by atoms with E-state index in [4.69, 9.17) is 10.7 Å². The van der Waals surface area contributed by atoms with Gasteiger partial charge in [0.15, 0.2) is 0 Å². The minimum absolute atomic E-state index is 0.0184. The molecule has 0 spiro atoms. The second-order valence-corrected chi connectivity index (χ2v) is 4.69. The van der Waals surface area contributed by atoms with Crippen molar-refractivity contribution in [3.05, 3.63) is 34.8 Å². The minimum Gasteiger partial charge on any atom is -0.352 e. The van der Waals surface area contributed by atoms with E-state index in [1.807, 2.05) is 18.2 Å². The van der Waals surface area contributed by atoms with Gasteiger partial charge in [0.2, 0.25) is 0 Å². The van der Waals surface area contributed by atoms with E-state index in [9.17, 15) is 4.79 Å². The molecule has 0 aromatic heterocycles. The smallest absolute Gasteiger partial charge is 0.312 e. The van der Waals surface area contributed by atoms with Gasteiger partial charge >= 0.3 is 6.03 Å². The number of urea groups is 1. The maximum atomic E-state index is 11.1. The van der Waals surface area contributed by atoms with Gasteiger partial charge in [-0.15, -0.1) is 0 Å². The zero-order valence-corrected chi connectivity index (χ0v) is 10.0. The lowest BCUT2D eigenvalue weighted by atomic mass is 9.98. The molecular formula is C13H16N4O. The molecular weight excluding hydrogens is 228 g/mol. The highest BCUT2D eigenvalue weighted by Crippen LogP contribution is 2.19. The Labute approximate surface area is 105 Å². The molecule has 4 N–H and O–H groups in total. The average Bonchev–Trinajstić information content (AvgIpc) is 2.61. The van der Waals surface area contributed by atoms with Crippen LogP contribution in [0.5, 0.6) is 0 Å². The van der Waals surface area contributed by atoms with Gasteiger partial charge in [0.05, 0.1) is 17.4 Å². The first-order valence-electron chi connectivity index (χ1n) is 6.18. The number of nitrogens with one attached hydrogen (secondary N) is 2. The summed E-state index contributed by atoms with van der Waals surface area (Å²) in [4.78, 5) is 15.8. The molecule has 0 radical (unpaired) electrons. The summed E-state index contributed by atoms with van der Waals surface area (Å²) in [6, 6.07) is 7.60. The number of primary amides is 1. The third-order valence-corrected chi connectivity index (χ3v) is 3.53. The van der Waals surface area contributed by atoms with Crippen LogP contribution in [0.25, 0.3) is 5.57 Å². The van der Waals surface area contributed by atoms with Crippen molar-refractivity contribution in [1.29, 1.82) is 0 Å². The second kappa shape index (κ2) is 4.42. The van der Waals surface area contributed by atoms with Gasteiger partial charge in [0, 0.05) is 11.8 Å². The highest BCUT2D eigenvalue weighted by Gasteiger charge is 2.30. The molecule has 1 fully saturated rings. The standard InChI is InChI=1S/C13H16N4O/c14-13(18)17-11-7-15-6-5-9-8-3-1-2-4-10(8)16-12(9)11/h1-4,11-12,15H,5-7H2,(H3,14,17,18). The Morgan fingerprint density at radius 1 is 1.44 bits per heavy atom. The molecule has 0 aliphatic carbocycles. The van der Waals surface area contributed by atoms with Gasteiger partial charge in [0.25, 0.3) is 0 Å². The molecule has 2 atom stereocenters. The fourth-order valence-electron chi connectivity index (χ4n) is 2.77. The number of fused-ring (bicyclic) bond motifs is 2. The SMILES string of the molecule is NC(=O)NC1CNCCC2=c3ccccc3=NC21. The van der Waals surface area contributed by atoms with Gasteiger partial charge in [-0.3, -0.25) is 4.99 Å². The number of nitrogens with two attached hydrogens (primary N) is 1. The lowest BCUT2D eigenvalue weighted by Crippen LogP contribution is -2.49. The van der Waals surface area contributed by atoms with E-state index in [1.165, 1.54) is 10.8 Å². The molecule has 1 aromatic rings. The van der Waals surface area contributed by atoms with E-state index in [1.54, 1.807) is 0 Å².